The molecule has 0 aliphatic heterocycles. The number of nitrogens with zero attached hydrogens (tertiary/aromatic N) is 2. The minimum atomic E-state index is -3.76. The molecule has 13 heteroatoms. The Kier molecular flexibility index (Phi) is 14.5. The number of rotatable bonds is 17. The van der Waals surface area contributed by atoms with Crippen molar-refractivity contribution in [3.63, 3.8) is 0 Å². The van der Waals surface area contributed by atoms with Gasteiger partial charge < -0.3 is 31.1 Å². The number of carbonyl (C=O) groups is 3. The number of anilines is 1. The second-order valence-corrected chi connectivity index (χ2v) is 15.1. The number of hydrogen-bond acceptors (Lipinski definition) is 8. The van der Waals surface area contributed by atoms with Gasteiger partial charge in [-0.25, -0.2) is 8.42 Å². The summed E-state index contributed by atoms with van der Waals surface area (Å²) in [7, 11) is -0.793. The zero-order valence-corrected chi connectivity index (χ0v) is 30.6. The number of aliphatic hydroxyl groups excluding tert-OH is 2. The number of hydrogen-bond donors (Lipinski definition) is 5. The van der Waals surface area contributed by atoms with Crippen molar-refractivity contribution in [1.29, 1.82) is 0 Å². The number of amides is 3. The van der Waals surface area contributed by atoms with Crippen molar-refractivity contribution in [2.24, 2.45) is 5.92 Å². The highest BCUT2D eigenvalue weighted by molar-refractivity contribution is 7.92. The van der Waals surface area contributed by atoms with E-state index in [0.29, 0.717) is 6.54 Å². The largest absolute Gasteiger partial charge is 0.391 e. The Hall–Kier alpha value is -4.30. The maximum Gasteiger partial charge on any atom is 0.254 e. The minimum Gasteiger partial charge on any atom is -0.391 e. The van der Waals surface area contributed by atoms with Gasteiger partial charge in [0.15, 0.2) is 0 Å². The summed E-state index contributed by atoms with van der Waals surface area (Å²) >= 11 is 0. The van der Waals surface area contributed by atoms with E-state index in [0.717, 1.165) is 21.7 Å². The molecular formula is C37H51N5O7S. The second kappa shape index (κ2) is 18.1. The molecule has 5 N–H and O–H groups in total. The van der Waals surface area contributed by atoms with Crippen LogP contribution in [0.2, 0.25) is 0 Å². The predicted octanol–water partition coefficient (Wildman–Crippen LogP) is 2.73. The summed E-state index contributed by atoms with van der Waals surface area (Å²) in [6.45, 7) is 7.50. The molecule has 0 aliphatic rings. The normalized spacial score (nSPS) is 14.6. The van der Waals surface area contributed by atoms with Crippen LogP contribution < -0.4 is 20.3 Å². The molecule has 3 aromatic carbocycles. The summed E-state index contributed by atoms with van der Waals surface area (Å²) in [5.74, 6) is -1.30. The van der Waals surface area contributed by atoms with Crippen LogP contribution in [-0.4, -0.2) is 99.0 Å². The molecule has 0 aliphatic carbocycles. The van der Waals surface area contributed by atoms with Crippen LogP contribution in [-0.2, 0) is 21.2 Å². The van der Waals surface area contributed by atoms with Crippen molar-refractivity contribution < 1.29 is 33.0 Å². The second-order valence-electron chi connectivity index (χ2n) is 13.1. The predicted molar refractivity (Wildman–Crippen MR) is 195 cm³/mol. The lowest BCUT2D eigenvalue weighted by Crippen LogP contribution is -2.55. The van der Waals surface area contributed by atoms with E-state index in [1.165, 1.54) is 37.1 Å². The van der Waals surface area contributed by atoms with Crippen molar-refractivity contribution in [3.05, 3.63) is 101 Å². The first kappa shape index (κ1) is 40.1. The minimum absolute atomic E-state index is 0.00950. The Morgan fingerprint density at radius 1 is 0.820 bits per heavy atom. The highest BCUT2D eigenvalue weighted by atomic mass is 32.2. The fourth-order valence-electron chi connectivity index (χ4n) is 5.26. The Morgan fingerprint density at radius 2 is 1.40 bits per heavy atom. The highest BCUT2D eigenvalue weighted by Gasteiger charge is 2.29. The standard InChI is InChI=1S/C37H51N5O7S/c1-24(2)22-39-36(46)34(26(4)43)38-23-33(44)32(18-27-14-10-8-11-15-27)40-35(45)29-19-30(21-31(20-29)42(6)50(7,48)49)37(47)41(5)25(3)28-16-12-9-13-17-28/h8-17,19-21,24-26,32-34,38,43-44H,18,22-23H2,1-7H3,(H,39,46)(H,40,45)/t25-,26+,32+,33-,34+/m1/s1. The molecule has 3 rings (SSSR count). The summed E-state index contributed by atoms with van der Waals surface area (Å²) in [4.78, 5) is 42.0. The van der Waals surface area contributed by atoms with E-state index >= 15 is 0 Å². The van der Waals surface area contributed by atoms with Gasteiger partial charge in [0.25, 0.3) is 11.8 Å². The molecule has 0 bridgehead atoms. The van der Waals surface area contributed by atoms with Crippen molar-refractivity contribution >= 4 is 33.4 Å². The van der Waals surface area contributed by atoms with E-state index in [9.17, 15) is 33.0 Å². The fraction of sp³-hybridized carbons (Fsp3) is 0.432. The number of benzene rings is 3. The molecule has 0 saturated heterocycles. The molecule has 0 radical (unpaired) electrons. The van der Waals surface area contributed by atoms with Crippen LogP contribution in [0.1, 0.15) is 65.6 Å². The summed E-state index contributed by atoms with van der Waals surface area (Å²) in [6, 6.07) is 20.6. The highest BCUT2D eigenvalue weighted by Crippen LogP contribution is 2.25. The lowest BCUT2D eigenvalue weighted by Gasteiger charge is -2.28. The van der Waals surface area contributed by atoms with Crippen LogP contribution in [0.5, 0.6) is 0 Å². The molecule has 50 heavy (non-hydrogen) atoms. The lowest BCUT2D eigenvalue weighted by molar-refractivity contribution is -0.125. The van der Waals surface area contributed by atoms with E-state index in [4.69, 9.17) is 0 Å². The van der Waals surface area contributed by atoms with Gasteiger partial charge in [0, 0.05) is 38.3 Å². The van der Waals surface area contributed by atoms with Crippen LogP contribution in [0.3, 0.4) is 0 Å². The van der Waals surface area contributed by atoms with Crippen molar-refractivity contribution in [1.82, 2.24) is 20.9 Å². The van der Waals surface area contributed by atoms with Crippen LogP contribution in [0.4, 0.5) is 5.69 Å². The smallest absolute Gasteiger partial charge is 0.254 e. The number of sulfonamides is 1. The first-order valence-electron chi connectivity index (χ1n) is 16.6. The van der Waals surface area contributed by atoms with Gasteiger partial charge in [-0.15, -0.1) is 0 Å². The average molecular weight is 710 g/mol. The topological polar surface area (TPSA) is 168 Å². The van der Waals surface area contributed by atoms with Crippen LogP contribution >= 0.6 is 0 Å². The average Bonchev–Trinajstić information content (AvgIpc) is 3.09. The zero-order valence-electron chi connectivity index (χ0n) is 29.8. The molecule has 0 aromatic heterocycles. The molecule has 0 heterocycles. The molecule has 0 unspecified atom stereocenters. The van der Waals surface area contributed by atoms with Gasteiger partial charge >= 0.3 is 0 Å². The fourth-order valence-corrected chi connectivity index (χ4v) is 5.75. The van der Waals surface area contributed by atoms with E-state index in [2.05, 4.69) is 16.0 Å². The molecule has 272 valence electrons. The maximum absolute atomic E-state index is 13.9. The Labute approximate surface area is 295 Å². The van der Waals surface area contributed by atoms with Gasteiger partial charge in [-0.3, -0.25) is 18.7 Å². The van der Waals surface area contributed by atoms with E-state index in [-0.39, 0.29) is 41.7 Å². The first-order valence-corrected chi connectivity index (χ1v) is 18.5. The van der Waals surface area contributed by atoms with Gasteiger partial charge in [-0.2, -0.15) is 0 Å². The van der Waals surface area contributed by atoms with Gasteiger partial charge in [0.1, 0.15) is 6.04 Å². The van der Waals surface area contributed by atoms with Gasteiger partial charge in [-0.1, -0.05) is 74.5 Å². The molecular weight excluding hydrogens is 659 g/mol. The number of nitrogens with one attached hydrogen (secondary N) is 3. The van der Waals surface area contributed by atoms with E-state index < -0.39 is 52.0 Å². The van der Waals surface area contributed by atoms with E-state index in [1.54, 1.807) is 7.05 Å². The monoisotopic (exact) mass is 709 g/mol. The third-order valence-electron chi connectivity index (χ3n) is 8.55. The summed E-state index contributed by atoms with van der Waals surface area (Å²) in [5.41, 5.74) is 1.93. The summed E-state index contributed by atoms with van der Waals surface area (Å²) in [6.07, 6.45) is -1.06. The van der Waals surface area contributed by atoms with Crippen molar-refractivity contribution in [3.8, 4) is 0 Å². The third kappa shape index (κ3) is 11.4. The quantitative estimate of drug-likeness (QED) is 0.143. The number of aliphatic hydroxyl groups is 2. The van der Waals surface area contributed by atoms with E-state index in [1.807, 2.05) is 81.4 Å². The Bertz CT molecular complexity index is 1690. The molecule has 0 spiro atoms. The molecule has 0 fully saturated rings. The van der Waals surface area contributed by atoms with Gasteiger partial charge in [0.2, 0.25) is 15.9 Å². The van der Waals surface area contributed by atoms with Crippen molar-refractivity contribution in [2.45, 2.75) is 64.4 Å². The summed E-state index contributed by atoms with van der Waals surface area (Å²) in [5, 5.41) is 30.3. The van der Waals surface area contributed by atoms with Gasteiger partial charge in [-0.05, 0) is 55.5 Å². The lowest BCUT2D eigenvalue weighted by atomic mass is 9.99. The zero-order chi connectivity index (χ0) is 37.2. The third-order valence-corrected chi connectivity index (χ3v) is 9.75. The summed E-state index contributed by atoms with van der Waals surface area (Å²) < 4.78 is 26.1. The SMILES string of the molecule is CC(C)CNC(=O)[C@@H](NC[C@@H](O)[C@H](Cc1ccccc1)NC(=O)c1cc(C(=O)N(C)[C@H](C)c2ccccc2)cc(N(C)S(C)(=O)=O)c1)[C@H](C)O. The Balaban J connectivity index is 1.94. The molecule has 3 aromatic rings. The van der Waals surface area contributed by atoms with Gasteiger partial charge in [0.05, 0.1) is 36.2 Å². The molecule has 0 saturated carbocycles. The van der Waals surface area contributed by atoms with Crippen molar-refractivity contribution in [2.75, 3.05) is 37.7 Å². The Morgan fingerprint density at radius 3 is 1.96 bits per heavy atom. The number of carbonyl (C=O) groups excluding carboxylic acids is 3. The first-order chi connectivity index (χ1) is 23.5. The molecule has 3 amide bonds. The molecule has 5 atom stereocenters. The van der Waals surface area contributed by atoms with Crippen LogP contribution in [0.25, 0.3) is 0 Å². The van der Waals surface area contributed by atoms with Crippen LogP contribution in [0, 0.1) is 5.92 Å². The van der Waals surface area contributed by atoms with Crippen LogP contribution in [0.15, 0.2) is 78.9 Å². The maximum atomic E-state index is 13.9. The molecule has 12 nitrogen and oxygen atoms in total.